The van der Waals surface area contributed by atoms with E-state index >= 15 is 0 Å². The van der Waals surface area contributed by atoms with E-state index in [1.54, 1.807) is 0 Å². The predicted molar refractivity (Wildman–Crippen MR) is 98.2 cm³/mol. The van der Waals surface area contributed by atoms with Crippen LogP contribution in [0.2, 0.25) is 0 Å². The van der Waals surface area contributed by atoms with Gasteiger partial charge in [-0.3, -0.25) is 0 Å². The first-order valence-corrected chi connectivity index (χ1v) is 8.07. The molecular weight excluding hydrogens is 278 g/mol. The maximum Gasteiger partial charge on any atom is 0.0554 e. The topological polar surface area (TPSA) is 12.0 Å². The van der Waals surface area contributed by atoms with E-state index < -0.39 is 0 Å². The summed E-state index contributed by atoms with van der Waals surface area (Å²) in [5.74, 6) is 0. The number of hydrogen-bond acceptors (Lipinski definition) is 1. The highest BCUT2D eigenvalue weighted by molar-refractivity contribution is 5.87. The number of benzene rings is 3. The molecule has 1 N–H and O–H groups in total. The average molecular weight is 297 g/mol. The molecule has 112 valence electrons. The molecular formula is C22H19N. The molecule has 0 saturated heterocycles. The molecule has 1 heterocycles. The Hall–Kier alpha value is -2.80. The fourth-order valence-electron chi connectivity index (χ4n) is 3.20. The van der Waals surface area contributed by atoms with Crippen molar-refractivity contribution in [3.8, 4) is 0 Å². The summed E-state index contributed by atoms with van der Waals surface area (Å²) in [4.78, 5) is 0. The summed E-state index contributed by atoms with van der Waals surface area (Å²) < 4.78 is 0. The highest BCUT2D eigenvalue weighted by Crippen LogP contribution is 2.36. The van der Waals surface area contributed by atoms with Crippen LogP contribution in [0.15, 0.2) is 84.9 Å². The van der Waals surface area contributed by atoms with Gasteiger partial charge >= 0.3 is 0 Å². The number of rotatable bonds is 2. The predicted octanol–water partition coefficient (Wildman–Crippen LogP) is 5.78. The van der Waals surface area contributed by atoms with E-state index in [4.69, 9.17) is 0 Å². The lowest BCUT2D eigenvalue weighted by Crippen LogP contribution is -2.10. The molecule has 0 bridgehead atoms. The summed E-state index contributed by atoms with van der Waals surface area (Å²) >= 11 is 0. The van der Waals surface area contributed by atoms with E-state index in [9.17, 15) is 0 Å². The minimum Gasteiger partial charge on any atom is -0.377 e. The minimum absolute atomic E-state index is 0.284. The third-order valence-electron chi connectivity index (χ3n) is 4.39. The Morgan fingerprint density at radius 3 is 2.13 bits per heavy atom. The molecule has 0 amide bonds. The molecule has 0 saturated carbocycles. The smallest absolute Gasteiger partial charge is 0.0554 e. The zero-order valence-electron chi connectivity index (χ0n) is 12.9. The van der Waals surface area contributed by atoms with Crippen LogP contribution in [0.3, 0.4) is 0 Å². The van der Waals surface area contributed by atoms with Crippen molar-refractivity contribution in [3.05, 3.63) is 102 Å². The van der Waals surface area contributed by atoms with Gasteiger partial charge in [-0.15, -0.1) is 0 Å². The highest BCUT2D eigenvalue weighted by atomic mass is 14.9. The van der Waals surface area contributed by atoms with Crippen molar-refractivity contribution in [2.45, 2.75) is 12.5 Å². The molecule has 1 aliphatic rings. The van der Waals surface area contributed by atoms with E-state index in [2.05, 4.69) is 96.3 Å². The fraction of sp³-hybridized carbons (Fsp3) is 0.0909. The van der Waals surface area contributed by atoms with Crippen LogP contribution in [0.4, 0.5) is 5.69 Å². The molecule has 1 aliphatic heterocycles. The third kappa shape index (κ3) is 2.91. The summed E-state index contributed by atoms with van der Waals surface area (Å²) in [5.41, 5.74) is 6.45. The largest absolute Gasteiger partial charge is 0.377 e. The Bertz CT molecular complexity index is 819. The normalized spacial score (nSPS) is 16.7. The second-order valence-corrected chi connectivity index (χ2v) is 5.93. The van der Waals surface area contributed by atoms with Crippen LogP contribution in [0.5, 0.6) is 0 Å². The van der Waals surface area contributed by atoms with Gasteiger partial charge in [0.15, 0.2) is 0 Å². The van der Waals surface area contributed by atoms with Crippen LogP contribution < -0.4 is 5.32 Å². The molecule has 0 fully saturated rings. The first-order valence-electron chi connectivity index (χ1n) is 8.07. The second-order valence-electron chi connectivity index (χ2n) is 5.93. The number of para-hydroxylation sites is 1. The van der Waals surface area contributed by atoms with Gasteiger partial charge in [-0.1, -0.05) is 78.9 Å². The van der Waals surface area contributed by atoms with E-state index in [-0.39, 0.29) is 6.04 Å². The summed E-state index contributed by atoms with van der Waals surface area (Å²) in [6.45, 7) is 0. The van der Waals surface area contributed by atoms with Gasteiger partial charge < -0.3 is 5.32 Å². The van der Waals surface area contributed by atoms with Gasteiger partial charge in [0, 0.05) is 5.69 Å². The zero-order valence-corrected chi connectivity index (χ0v) is 12.9. The van der Waals surface area contributed by atoms with Crippen molar-refractivity contribution in [2.24, 2.45) is 0 Å². The fourth-order valence-corrected chi connectivity index (χ4v) is 3.20. The summed E-state index contributed by atoms with van der Waals surface area (Å²) in [7, 11) is 0. The standard InChI is InChI=1S/C22H19N/c1-3-9-17(10-4-1)20-15-19-13-7-8-14-21(19)23-22(16-20)18-11-5-2-6-12-18/h1-15,22-23H,16H2. The van der Waals surface area contributed by atoms with Crippen LogP contribution in [0.25, 0.3) is 11.6 Å². The van der Waals surface area contributed by atoms with Crippen molar-refractivity contribution in [1.82, 2.24) is 0 Å². The van der Waals surface area contributed by atoms with Gasteiger partial charge in [0.2, 0.25) is 0 Å². The lowest BCUT2D eigenvalue weighted by Gasteiger charge is -2.20. The molecule has 1 atom stereocenters. The van der Waals surface area contributed by atoms with E-state index in [1.807, 2.05) is 0 Å². The molecule has 0 aromatic heterocycles. The number of anilines is 1. The highest BCUT2D eigenvalue weighted by Gasteiger charge is 2.19. The van der Waals surface area contributed by atoms with Gasteiger partial charge in [0.05, 0.1) is 6.04 Å². The van der Waals surface area contributed by atoms with E-state index in [1.165, 1.54) is 28.0 Å². The van der Waals surface area contributed by atoms with Crippen LogP contribution in [-0.2, 0) is 0 Å². The van der Waals surface area contributed by atoms with Gasteiger partial charge in [-0.05, 0) is 40.8 Å². The molecule has 4 rings (SSSR count). The molecule has 3 aromatic rings. The van der Waals surface area contributed by atoms with Crippen molar-refractivity contribution in [3.63, 3.8) is 0 Å². The third-order valence-corrected chi connectivity index (χ3v) is 4.39. The number of fused-ring (bicyclic) bond motifs is 1. The molecule has 1 heteroatoms. The number of hydrogen-bond donors (Lipinski definition) is 1. The van der Waals surface area contributed by atoms with Crippen molar-refractivity contribution >= 4 is 17.3 Å². The molecule has 1 nitrogen and oxygen atoms in total. The quantitative estimate of drug-likeness (QED) is 0.632. The Morgan fingerprint density at radius 1 is 0.696 bits per heavy atom. The monoisotopic (exact) mass is 297 g/mol. The van der Waals surface area contributed by atoms with E-state index in [0.717, 1.165) is 6.42 Å². The summed E-state index contributed by atoms with van der Waals surface area (Å²) in [6, 6.07) is 30.2. The number of nitrogens with one attached hydrogen (secondary N) is 1. The Labute approximate surface area is 137 Å². The SMILES string of the molecule is C1=C(c2ccccc2)CC(c2ccccc2)Nc2ccccc21. The van der Waals surface area contributed by atoms with Crippen LogP contribution in [0.1, 0.15) is 29.2 Å². The van der Waals surface area contributed by atoms with Gasteiger partial charge in [-0.2, -0.15) is 0 Å². The maximum absolute atomic E-state index is 3.72. The second kappa shape index (κ2) is 6.13. The summed E-state index contributed by atoms with van der Waals surface area (Å²) in [5, 5.41) is 3.72. The zero-order chi connectivity index (χ0) is 15.5. The van der Waals surface area contributed by atoms with Crippen LogP contribution in [0, 0.1) is 0 Å². The average Bonchev–Trinajstić information content (AvgIpc) is 2.83. The van der Waals surface area contributed by atoms with Crippen molar-refractivity contribution in [1.29, 1.82) is 0 Å². The van der Waals surface area contributed by atoms with Gasteiger partial charge in [0.25, 0.3) is 0 Å². The van der Waals surface area contributed by atoms with Gasteiger partial charge in [0.1, 0.15) is 0 Å². The minimum atomic E-state index is 0.284. The molecule has 3 aromatic carbocycles. The van der Waals surface area contributed by atoms with Gasteiger partial charge in [-0.25, -0.2) is 0 Å². The Morgan fingerprint density at radius 2 is 1.35 bits per heavy atom. The van der Waals surface area contributed by atoms with Crippen LogP contribution in [-0.4, -0.2) is 0 Å². The molecule has 0 aliphatic carbocycles. The Balaban J connectivity index is 1.81. The lowest BCUT2D eigenvalue weighted by atomic mass is 9.94. The lowest BCUT2D eigenvalue weighted by molar-refractivity contribution is 0.814. The van der Waals surface area contributed by atoms with Crippen molar-refractivity contribution < 1.29 is 0 Å². The Kier molecular flexibility index (Phi) is 3.69. The van der Waals surface area contributed by atoms with Crippen LogP contribution >= 0.6 is 0 Å². The molecule has 1 unspecified atom stereocenters. The van der Waals surface area contributed by atoms with Crippen molar-refractivity contribution in [2.75, 3.05) is 5.32 Å². The summed E-state index contributed by atoms with van der Waals surface area (Å²) in [6.07, 6.45) is 3.29. The van der Waals surface area contributed by atoms with E-state index in [0.29, 0.717) is 0 Å². The molecule has 0 radical (unpaired) electrons. The first-order chi connectivity index (χ1) is 11.4. The maximum atomic E-state index is 3.72. The first kappa shape index (κ1) is 13.8. The molecule has 23 heavy (non-hydrogen) atoms. The molecule has 0 spiro atoms.